The predicted molar refractivity (Wildman–Crippen MR) is 123 cm³/mol. The van der Waals surface area contributed by atoms with Gasteiger partial charge in [0.05, 0.1) is 12.2 Å². The van der Waals surface area contributed by atoms with Gasteiger partial charge in [0.25, 0.3) is 0 Å². The minimum atomic E-state index is 0.116. The Morgan fingerprint density at radius 2 is 1.69 bits per heavy atom. The van der Waals surface area contributed by atoms with Gasteiger partial charge in [-0.3, -0.25) is 4.99 Å². The van der Waals surface area contributed by atoms with Crippen molar-refractivity contribution in [3.63, 3.8) is 0 Å². The molecule has 0 saturated carbocycles. The fourth-order valence-electron chi connectivity index (χ4n) is 2.53. The molecule has 0 radical (unpaired) electrons. The lowest BCUT2D eigenvalue weighted by Gasteiger charge is -2.09. The predicted octanol–water partition coefficient (Wildman–Crippen LogP) is 6.36. The number of hydrogen-bond donors (Lipinski definition) is 0. The molecule has 1 aromatic carbocycles. The van der Waals surface area contributed by atoms with Crippen LogP contribution in [-0.4, -0.2) is 23.4 Å². The lowest BCUT2D eigenvalue weighted by Crippen LogP contribution is -2.06. The molecule has 0 spiro atoms. The van der Waals surface area contributed by atoms with Crippen molar-refractivity contribution in [2.45, 2.75) is 46.8 Å². The Kier molecular flexibility index (Phi) is 8.90. The zero-order chi connectivity index (χ0) is 21.1. The van der Waals surface area contributed by atoms with Gasteiger partial charge in [0, 0.05) is 24.7 Å². The van der Waals surface area contributed by atoms with Gasteiger partial charge in [0.15, 0.2) is 0 Å². The van der Waals surface area contributed by atoms with Crippen LogP contribution in [0.1, 0.15) is 45.7 Å². The molecule has 2 rings (SSSR count). The highest BCUT2D eigenvalue weighted by Gasteiger charge is 2.01. The molecular formula is C25H30N2O2. The van der Waals surface area contributed by atoms with E-state index in [9.17, 15) is 0 Å². The largest absolute Gasteiger partial charge is 0.491 e. The van der Waals surface area contributed by atoms with E-state index in [4.69, 9.17) is 9.47 Å². The molecule has 0 unspecified atom stereocenters. The van der Waals surface area contributed by atoms with Crippen LogP contribution in [0.15, 0.2) is 72.0 Å². The van der Waals surface area contributed by atoms with Crippen LogP contribution >= 0.6 is 0 Å². The maximum Gasteiger partial charge on any atom is 0.213 e. The number of nitrogens with zero attached hydrogens (tertiary/aromatic N) is 2. The number of pyridine rings is 1. The van der Waals surface area contributed by atoms with Gasteiger partial charge in [-0.25, -0.2) is 4.98 Å². The summed E-state index contributed by atoms with van der Waals surface area (Å²) in [5, 5.41) is 0. The quantitative estimate of drug-likeness (QED) is 0.370. The Hall–Kier alpha value is -3.14. The van der Waals surface area contributed by atoms with Crippen LogP contribution < -0.4 is 9.47 Å². The Bertz CT molecular complexity index is 859. The zero-order valence-electron chi connectivity index (χ0n) is 17.9. The maximum absolute atomic E-state index is 5.64. The SMILES string of the molecule is C\C=C(/C=C\C=N\C=C\c1ccc(OC(C)C)cc1)c1ccc(OC(C)C)nc1. The molecule has 0 bridgehead atoms. The topological polar surface area (TPSA) is 43.7 Å². The highest BCUT2D eigenvalue weighted by atomic mass is 16.5. The van der Waals surface area contributed by atoms with Crippen molar-refractivity contribution >= 4 is 17.9 Å². The number of benzene rings is 1. The summed E-state index contributed by atoms with van der Waals surface area (Å²) < 4.78 is 11.2. The minimum Gasteiger partial charge on any atom is -0.491 e. The molecule has 0 N–H and O–H groups in total. The molecular weight excluding hydrogens is 360 g/mol. The first-order chi connectivity index (χ1) is 14.0. The summed E-state index contributed by atoms with van der Waals surface area (Å²) in [6.45, 7) is 10.0. The van der Waals surface area contributed by atoms with E-state index < -0.39 is 0 Å². The highest BCUT2D eigenvalue weighted by molar-refractivity contribution is 5.81. The number of aliphatic imine (C=N–C) groups is 1. The average molecular weight is 391 g/mol. The van der Waals surface area contributed by atoms with Gasteiger partial charge >= 0.3 is 0 Å². The van der Waals surface area contributed by atoms with E-state index in [-0.39, 0.29) is 12.2 Å². The molecule has 0 aliphatic rings. The van der Waals surface area contributed by atoms with Crippen molar-refractivity contribution in [2.75, 3.05) is 0 Å². The fraction of sp³-hybridized carbons (Fsp3) is 0.280. The smallest absolute Gasteiger partial charge is 0.213 e. The molecule has 4 nitrogen and oxygen atoms in total. The summed E-state index contributed by atoms with van der Waals surface area (Å²) in [6.07, 6.45) is 13.6. The second kappa shape index (κ2) is 11.6. The van der Waals surface area contributed by atoms with Gasteiger partial charge in [-0.15, -0.1) is 0 Å². The summed E-state index contributed by atoms with van der Waals surface area (Å²) in [6, 6.07) is 11.9. The first-order valence-electron chi connectivity index (χ1n) is 9.90. The van der Waals surface area contributed by atoms with Crippen LogP contribution in [0.5, 0.6) is 11.6 Å². The van der Waals surface area contributed by atoms with E-state index in [1.807, 2.05) is 102 Å². The maximum atomic E-state index is 5.64. The van der Waals surface area contributed by atoms with Crippen molar-refractivity contribution in [1.29, 1.82) is 0 Å². The first-order valence-corrected chi connectivity index (χ1v) is 9.90. The third-order valence-corrected chi connectivity index (χ3v) is 3.79. The second-order valence-electron chi connectivity index (χ2n) is 7.00. The van der Waals surface area contributed by atoms with Crippen LogP contribution in [0, 0.1) is 0 Å². The molecule has 0 saturated heterocycles. The Balaban J connectivity index is 1.90. The lowest BCUT2D eigenvalue weighted by molar-refractivity contribution is 0.232. The van der Waals surface area contributed by atoms with Crippen molar-refractivity contribution in [3.05, 3.63) is 78.1 Å². The third-order valence-electron chi connectivity index (χ3n) is 3.79. The number of allylic oxidation sites excluding steroid dienone is 4. The van der Waals surface area contributed by atoms with Crippen LogP contribution in [-0.2, 0) is 0 Å². The van der Waals surface area contributed by atoms with E-state index in [0.717, 1.165) is 22.4 Å². The summed E-state index contributed by atoms with van der Waals surface area (Å²) in [7, 11) is 0. The molecule has 0 aliphatic carbocycles. The second-order valence-corrected chi connectivity index (χ2v) is 7.00. The van der Waals surface area contributed by atoms with Crippen molar-refractivity contribution in [2.24, 2.45) is 4.99 Å². The molecule has 1 aromatic heterocycles. The molecule has 0 fully saturated rings. The third kappa shape index (κ3) is 8.18. The van der Waals surface area contributed by atoms with E-state index in [2.05, 4.69) is 9.98 Å². The minimum absolute atomic E-state index is 0.116. The molecule has 152 valence electrons. The van der Waals surface area contributed by atoms with Gasteiger partial charge in [0.1, 0.15) is 5.75 Å². The van der Waals surface area contributed by atoms with Crippen LogP contribution in [0.25, 0.3) is 11.6 Å². The Morgan fingerprint density at radius 3 is 2.28 bits per heavy atom. The first kappa shape index (κ1) is 22.2. The van der Waals surface area contributed by atoms with Crippen LogP contribution in [0.2, 0.25) is 0 Å². The fourth-order valence-corrected chi connectivity index (χ4v) is 2.53. The van der Waals surface area contributed by atoms with Crippen molar-refractivity contribution < 1.29 is 9.47 Å². The summed E-state index contributed by atoms with van der Waals surface area (Å²) in [5.41, 5.74) is 3.18. The van der Waals surface area contributed by atoms with Gasteiger partial charge in [-0.1, -0.05) is 24.3 Å². The molecule has 0 amide bonds. The summed E-state index contributed by atoms with van der Waals surface area (Å²) >= 11 is 0. The molecule has 4 heteroatoms. The Labute approximate surface area is 174 Å². The van der Waals surface area contributed by atoms with E-state index in [1.165, 1.54) is 0 Å². The normalized spacial score (nSPS) is 12.7. The van der Waals surface area contributed by atoms with Gasteiger partial charge in [-0.2, -0.15) is 0 Å². The van der Waals surface area contributed by atoms with Gasteiger partial charge in [0.2, 0.25) is 5.88 Å². The number of hydrogen-bond acceptors (Lipinski definition) is 4. The van der Waals surface area contributed by atoms with Crippen molar-refractivity contribution in [3.8, 4) is 11.6 Å². The van der Waals surface area contributed by atoms with Crippen LogP contribution in [0.3, 0.4) is 0 Å². The summed E-state index contributed by atoms with van der Waals surface area (Å²) in [4.78, 5) is 8.65. The molecule has 2 aromatic rings. The molecule has 29 heavy (non-hydrogen) atoms. The number of rotatable bonds is 9. The summed E-state index contributed by atoms with van der Waals surface area (Å²) in [5.74, 6) is 1.51. The van der Waals surface area contributed by atoms with Crippen molar-refractivity contribution in [1.82, 2.24) is 4.98 Å². The standard InChI is InChI=1S/C25H30N2O2/c1-6-22(23-11-14-25(27-18-23)29-20(4)5)8-7-16-26-17-15-21-9-12-24(13-10-21)28-19(2)3/h6-20H,1-5H3/b8-7-,17-15+,22-6+,26-16+. The van der Waals surface area contributed by atoms with E-state index in [0.29, 0.717) is 5.88 Å². The number of aromatic nitrogens is 1. The Morgan fingerprint density at radius 1 is 0.966 bits per heavy atom. The lowest BCUT2D eigenvalue weighted by atomic mass is 10.1. The number of ether oxygens (including phenoxy) is 2. The van der Waals surface area contributed by atoms with Crippen LogP contribution in [0.4, 0.5) is 0 Å². The molecule has 1 heterocycles. The van der Waals surface area contributed by atoms with Gasteiger partial charge < -0.3 is 9.47 Å². The monoisotopic (exact) mass is 390 g/mol. The zero-order valence-corrected chi connectivity index (χ0v) is 17.9. The average Bonchev–Trinajstić information content (AvgIpc) is 2.69. The highest BCUT2D eigenvalue weighted by Crippen LogP contribution is 2.18. The van der Waals surface area contributed by atoms with E-state index in [1.54, 1.807) is 12.4 Å². The molecule has 0 atom stereocenters. The molecule has 0 aliphatic heterocycles. The van der Waals surface area contributed by atoms with Gasteiger partial charge in [-0.05, 0) is 81.7 Å². The van der Waals surface area contributed by atoms with E-state index >= 15 is 0 Å².